The second-order valence-electron chi connectivity index (χ2n) is 5.10. The van der Waals surface area contributed by atoms with Crippen LogP contribution in [0.1, 0.15) is 48.1 Å². The van der Waals surface area contributed by atoms with E-state index in [1.807, 2.05) is 6.92 Å². The quantitative estimate of drug-likeness (QED) is 0.803. The van der Waals surface area contributed by atoms with Crippen molar-refractivity contribution in [2.75, 3.05) is 6.61 Å². The number of nitrogens with zero attached hydrogens (tertiary/aromatic N) is 1. The van der Waals surface area contributed by atoms with Gasteiger partial charge >= 0.3 is 5.97 Å². The SMILES string of the molecule is CCOC(=O)C1CCC(NC(=O)c2csc(CN)n2)CC1. The highest BCUT2D eigenvalue weighted by Crippen LogP contribution is 2.25. The second kappa shape index (κ2) is 7.51. The van der Waals surface area contributed by atoms with E-state index in [9.17, 15) is 9.59 Å². The van der Waals surface area contributed by atoms with E-state index in [0.717, 1.165) is 30.7 Å². The molecule has 1 amide bonds. The lowest BCUT2D eigenvalue weighted by atomic mass is 9.86. The minimum absolute atomic E-state index is 0.0267. The molecule has 0 radical (unpaired) electrons. The Morgan fingerprint density at radius 2 is 2.14 bits per heavy atom. The fraction of sp³-hybridized carbons (Fsp3) is 0.643. The molecule has 116 valence electrons. The van der Waals surface area contributed by atoms with Gasteiger partial charge in [-0.1, -0.05) is 0 Å². The number of nitrogens with two attached hydrogens (primary N) is 1. The number of thiazole rings is 1. The van der Waals surface area contributed by atoms with Crippen LogP contribution in [-0.4, -0.2) is 29.5 Å². The van der Waals surface area contributed by atoms with Gasteiger partial charge in [0.15, 0.2) is 0 Å². The van der Waals surface area contributed by atoms with E-state index in [0.29, 0.717) is 18.8 Å². The first-order valence-electron chi connectivity index (χ1n) is 7.26. The Labute approximate surface area is 128 Å². The molecular weight excluding hydrogens is 290 g/mol. The van der Waals surface area contributed by atoms with Gasteiger partial charge in [0, 0.05) is 18.0 Å². The molecule has 1 aromatic heterocycles. The molecule has 1 saturated carbocycles. The third-order valence-electron chi connectivity index (χ3n) is 3.64. The van der Waals surface area contributed by atoms with Gasteiger partial charge in [0.25, 0.3) is 5.91 Å². The largest absolute Gasteiger partial charge is 0.466 e. The molecule has 0 atom stereocenters. The number of carbonyl (C=O) groups is 2. The molecule has 1 fully saturated rings. The maximum Gasteiger partial charge on any atom is 0.308 e. The van der Waals surface area contributed by atoms with Crippen LogP contribution in [0.15, 0.2) is 5.38 Å². The summed E-state index contributed by atoms with van der Waals surface area (Å²) in [7, 11) is 0. The van der Waals surface area contributed by atoms with Gasteiger partial charge in [-0.25, -0.2) is 4.98 Å². The Morgan fingerprint density at radius 3 is 2.71 bits per heavy atom. The lowest BCUT2D eigenvalue weighted by Crippen LogP contribution is -2.39. The molecule has 0 bridgehead atoms. The Bertz CT molecular complexity index is 495. The van der Waals surface area contributed by atoms with E-state index in [-0.39, 0.29) is 23.8 Å². The molecule has 0 aromatic carbocycles. The van der Waals surface area contributed by atoms with Crippen LogP contribution in [0.5, 0.6) is 0 Å². The van der Waals surface area contributed by atoms with Gasteiger partial charge in [-0.05, 0) is 32.6 Å². The standard InChI is InChI=1S/C14H21N3O3S/c1-2-20-14(19)9-3-5-10(6-4-9)16-13(18)11-8-21-12(7-15)17-11/h8-10H,2-7,15H2,1H3,(H,16,18). The van der Waals surface area contributed by atoms with Gasteiger partial charge < -0.3 is 15.8 Å². The maximum atomic E-state index is 12.1. The van der Waals surface area contributed by atoms with Crippen molar-refractivity contribution in [1.82, 2.24) is 10.3 Å². The zero-order chi connectivity index (χ0) is 15.2. The third kappa shape index (κ3) is 4.25. The van der Waals surface area contributed by atoms with E-state index in [1.54, 1.807) is 5.38 Å². The third-order valence-corrected chi connectivity index (χ3v) is 4.51. The Balaban J connectivity index is 1.80. The van der Waals surface area contributed by atoms with Crippen LogP contribution in [0.2, 0.25) is 0 Å². The first-order chi connectivity index (χ1) is 10.1. The molecule has 1 aliphatic carbocycles. The van der Waals surface area contributed by atoms with Crippen molar-refractivity contribution < 1.29 is 14.3 Å². The first kappa shape index (κ1) is 15.9. The normalized spacial score (nSPS) is 21.8. The highest BCUT2D eigenvalue weighted by atomic mass is 32.1. The van der Waals surface area contributed by atoms with Gasteiger partial charge in [-0.2, -0.15) is 0 Å². The number of carbonyl (C=O) groups excluding carboxylic acids is 2. The number of nitrogens with one attached hydrogen (secondary N) is 1. The minimum atomic E-state index is -0.162. The number of hydrogen-bond acceptors (Lipinski definition) is 6. The van der Waals surface area contributed by atoms with Gasteiger partial charge in [0.05, 0.1) is 12.5 Å². The molecule has 7 heteroatoms. The van der Waals surface area contributed by atoms with Crippen LogP contribution in [-0.2, 0) is 16.1 Å². The lowest BCUT2D eigenvalue weighted by Gasteiger charge is -2.27. The molecular formula is C14H21N3O3S. The number of ether oxygens (including phenoxy) is 1. The summed E-state index contributed by atoms with van der Waals surface area (Å²) >= 11 is 1.39. The van der Waals surface area contributed by atoms with Crippen molar-refractivity contribution in [3.8, 4) is 0 Å². The van der Waals surface area contributed by atoms with Crippen molar-refractivity contribution in [3.63, 3.8) is 0 Å². The molecule has 1 aromatic rings. The summed E-state index contributed by atoms with van der Waals surface area (Å²) in [6, 6.07) is 0.103. The van der Waals surface area contributed by atoms with E-state index < -0.39 is 0 Å². The highest BCUT2D eigenvalue weighted by molar-refractivity contribution is 7.09. The summed E-state index contributed by atoms with van der Waals surface area (Å²) in [5.74, 6) is -0.305. The summed E-state index contributed by atoms with van der Waals surface area (Å²) in [6.07, 6.45) is 3.11. The fourth-order valence-corrected chi connectivity index (χ4v) is 3.16. The molecule has 1 aliphatic rings. The van der Waals surface area contributed by atoms with Crippen LogP contribution < -0.4 is 11.1 Å². The average molecular weight is 311 g/mol. The molecule has 21 heavy (non-hydrogen) atoms. The highest BCUT2D eigenvalue weighted by Gasteiger charge is 2.28. The van der Waals surface area contributed by atoms with Crippen LogP contribution in [0, 0.1) is 5.92 Å². The molecule has 0 unspecified atom stereocenters. The van der Waals surface area contributed by atoms with Gasteiger partial charge in [-0.3, -0.25) is 9.59 Å². The van der Waals surface area contributed by atoms with Crippen LogP contribution in [0.25, 0.3) is 0 Å². The van der Waals surface area contributed by atoms with Crippen molar-refractivity contribution in [1.29, 1.82) is 0 Å². The van der Waals surface area contributed by atoms with Gasteiger partial charge in [-0.15, -0.1) is 11.3 Å². The lowest BCUT2D eigenvalue weighted by molar-refractivity contribution is -0.149. The Kier molecular flexibility index (Phi) is 5.69. The number of rotatable bonds is 5. The molecule has 3 N–H and O–H groups in total. The summed E-state index contributed by atoms with van der Waals surface area (Å²) in [5, 5.41) is 5.46. The Hall–Kier alpha value is -1.47. The Morgan fingerprint density at radius 1 is 1.43 bits per heavy atom. The van der Waals surface area contributed by atoms with Crippen molar-refractivity contribution >= 4 is 23.2 Å². The fourth-order valence-electron chi connectivity index (χ4n) is 2.50. The molecule has 0 saturated heterocycles. The molecule has 1 heterocycles. The smallest absolute Gasteiger partial charge is 0.308 e. The van der Waals surface area contributed by atoms with E-state index in [2.05, 4.69) is 10.3 Å². The first-order valence-corrected chi connectivity index (χ1v) is 8.14. The van der Waals surface area contributed by atoms with E-state index in [4.69, 9.17) is 10.5 Å². The summed E-state index contributed by atoms with van der Waals surface area (Å²) < 4.78 is 5.04. The second-order valence-corrected chi connectivity index (χ2v) is 6.05. The zero-order valence-electron chi connectivity index (χ0n) is 12.1. The number of hydrogen-bond donors (Lipinski definition) is 2. The molecule has 6 nitrogen and oxygen atoms in total. The number of esters is 1. The average Bonchev–Trinajstić information content (AvgIpc) is 2.97. The summed E-state index contributed by atoms with van der Waals surface area (Å²) in [6.45, 7) is 2.58. The summed E-state index contributed by atoms with van der Waals surface area (Å²) in [5.41, 5.74) is 5.91. The predicted octanol–water partition coefficient (Wildman–Crippen LogP) is 1.45. The molecule has 0 spiro atoms. The molecule has 2 rings (SSSR count). The summed E-state index contributed by atoms with van der Waals surface area (Å²) in [4.78, 5) is 27.9. The van der Waals surface area contributed by atoms with Gasteiger partial charge in [0.2, 0.25) is 0 Å². The minimum Gasteiger partial charge on any atom is -0.466 e. The van der Waals surface area contributed by atoms with Crippen molar-refractivity contribution in [2.24, 2.45) is 11.7 Å². The van der Waals surface area contributed by atoms with Crippen LogP contribution >= 0.6 is 11.3 Å². The predicted molar refractivity (Wildman–Crippen MR) is 79.9 cm³/mol. The number of aromatic nitrogens is 1. The van der Waals surface area contributed by atoms with Crippen LogP contribution in [0.3, 0.4) is 0 Å². The topological polar surface area (TPSA) is 94.3 Å². The zero-order valence-corrected chi connectivity index (χ0v) is 12.9. The van der Waals surface area contributed by atoms with E-state index in [1.165, 1.54) is 11.3 Å². The van der Waals surface area contributed by atoms with Crippen molar-refractivity contribution in [3.05, 3.63) is 16.1 Å². The number of amides is 1. The van der Waals surface area contributed by atoms with Gasteiger partial charge in [0.1, 0.15) is 10.7 Å². The van der Waals surface area contributed by atoms with Crippen LogP contribution in [0.4, 0.5) is 0 Å². The molecule has 0 aliphatic heterocycles. The van der Waals surface area contributed by atoms with Crippen molar-refractivity contribution in [2.45, 2.75) is 45.2 Å². The monoisotopic (exact) mass is 311 g/mol. The maximum absolute atomic E-state index is 12.1. The van der Waals surface area contributed by atoms with E-state index >= 15 is 0 Å².